The monoisotopic (exact) mass is 151 g/mol. The van der Waals surface area contributed by atoms with Crippen molar-refractivity contribution in [2.75, 3.05) is 12.3 Å². The van der Waals surface area contributed by atoms with E-state index >= 15 is 0 Å². The van der Waals surface area contributed by atoms with Crippen LogP contribution in [0, 0.1) is 0 Å². The minimum Gasteiger partial charge on any atom is -0.216 e. The van der Waals surface area contributed by atoms with Crippen molar-refractivity contribution in [1.29, 1.82) is 0 Å². The maximum Gasteiger partial charge on any atom is 0.211 e. The first-order chi connectivity index (χ1) is 4.12. The van der Waals surface area contributed by atoms with Gasteiger partial charge in [-0.2, -0.15) is 0 Å². The molecule has 0 radical (unpaired) electrons. The van der Waals surface area contributed by atoms with Gasteiger partial charge in [-0.1, -0.05) is 13.8 Å². The van der Waals surface area contributed by atoms with Crippen LogP contribution in [0.4, 0.5) is 0 Å². The Labute approximate surface area is 56.5 Å². The van der Waals surface area contributed by atoms with Crippen molar-refractivity contribution in [3.63, 3.8) is 0 Å². The zero-order valence-corrected chi connectivity index (χ0v) is 6.66. The molecule has 0 aromatic rings. The molecule has 56 valence electrons. The maximum absolute atomic E-state index is 10.7. The van der Waals surface area contributed by atoms with Crippen molar-refractivity contribution in [2.24, 2.45) is 0 Å². The van der Waals surface area contributed by atoms with Crippen molar-refractivity contribution in [1.82, 2.24) is 4.72 Å². The van der Waals surface area contributed by atoms with E-state index in [2.05, 4.69) is 4.72 Å². The quantitative estimate of drug-likeness (QED) is 0.629. The van der Waals surface area contributed by atoms with Crippen molar-refractivity contribution in [3.8, 4) is 0 Å². The molecule has 0 aromatic carbocycles. The van der Waals surface area contributed by atoms with Gasteiger partial charge in [0.15, 0.2) is 0 Å². The van der Waals surface area contributed by atoms with Crippen molar-refractivity contribution in [2.45, 2.75) is 20.3 Å². The molecule has 0 spiro atoms. The molecule has 0 rings (SSSR count). The van der Waals surface area contributed by atoms with Gasteiger partial charge in [-0.15, -0.1) is 0 Å². The molecular weight excluding hydrogens is 138 g/mol. The van der Waals surface area contributed by atoms with Crippen LogP contribution in [0.2, 0.25) is 0 Å². The lowest BCUT2D eigenvalue weighted by Gasteiger charge is -1.99. The van der Waals surface area contributed by atoms with Crippen molar-refractivity contribution in [3.05, 3.63) is 0 Å². The fourth-order valence-electron chi connectivity index (χ4n) is 0.561. The van der Waals surface area contributed by atoms with E-state index in [0.29, 0.717) is 13.0 Å². The Bertz CT molecular complexity index is 138. The van der Waals surface area contributed by atoms with Crippen LogP contribution >= 0.6 is 0 Å². The van der Waals surface area contributed by atoms with Gasteiger partial charge in [-0.25, -0.2) is 13.1 Å². The fraction of sp³-hybridized carbons (Fsp3) is 1.00. The van der Waals surface area contributed by atoms with Crippen LogP contribution in [-0.2, 0) is 10.0 Å². The van der Waals surface area contributed by atoms with Gasteiger partial charge in [0.05, 0.1) is 5.75 Å². The summed E-state index contributed by atoms with van der Waals surface area (Å²) in [5.74, 6) is 0.237. The molecular formula is C5H13NO2S. The second kappa shape index (κ2) is 3.85. The third-order valence-corrected chi connectivity index (χ3v) is 2.51. The summed E-state index contributed by atoms with van der Waals surface area (Å²) in [6, 6.07) is 0. The highest BCUT2D eigenvalue weighted by molar-refractivity contribution is 7.89. The summed E-state index contributed by atoms with van der Waals surface area (Å²) in [5, 5.41) is 0. The Hall–Kier alpha value is -0.0900. The van der Waals surface area contributed by atoms with Gasteiger partial charge in [0, 0.05) is 6.54 Å². The van der Waals surface area contributed by atoms with Crippen LogP contribution in [0.1, 0.15) is 20.3 Å². The summed E-state index contributed by atoms with van der Waals surface area (Å²) >= 11 is 0. The Kier molecular flexibility index (Phi) is 3.81. The normalized spacial score (nSPS) is 11.8. The molecule has 0 aliphatic heterocycles. The van der Waals surface area contributed by atoms with E-state index in [4.69, 9.17) is 0 Å². The first kappa shape index (κ1) is 8.91. The average Bonchev–Trinajstić information content (AvgIpc) is 1.64. The van der Waals surface area contributed by atoms with Gasteiger partial charge in [0.25, 0.3) is 0 Å². The van der Waals surface area contributed by atoms with Crippen LogP contribution in [0.5, 0.6) is 0 Å². The lowest BCUT2D eigenvalue weighted by atomic mass is 10.6. The molecule has 0 aliphatic carbocycles. The lowest BCUT2D eigenvalue weighted by Crippen LogP contribution is -2.25. The molecule has 4 heteroatoms. The third kappa shape index (κ3) is 4.42. The molecule has 0 unspecified atom stereocenters. The van der Waals surface area contributed by atoms with Gasteiger partial charge in [-0.05, 0) is 6.42 Å². The van der Waals surface area contributed by atoms with Crippen LogP contribution in [-0.4, -0.2) is 20.7 Å². The second-order valence-corrected chi connectivity index (χ2v) is 3.74. The van der Waals surface area contributed by atoms with E-state index in [1.165, 1.54) is 0 Å². The number of rotatable bonds is 4. The number of hydrogen-bond donors (Lipinski definition) is 1. The Morgan fingerprint density at radius 2 is 1.89 bits per heavy atom. The van der Waals surface area contributed by atoms with Crippen molar-refractivity contribution < 1.29 is 8.42 Å². The van der Waals surface area contributed by atoms with E-state index < -0.39 is 10.0 Å². The molecule has 0 aliphatic rings. The largest absolute Gasteiger partial charge is 0.216 e. The molecule has 1 N–H and O–H groups in total. The van der Waals surface area contributed by atoms with Crippen LogP contribution in [0.3, 0.4) is 0 Å². The van der Waals surface area contributed by atoms with Gasteiger partial charge < -0.3 is 0 Å². The standard InChI is InChI=1S/C5H13NO2S/c1-3-5-9(7,8)6-4-2/h6H,3-5H2,1-2H3. The summed E-state index contributed by atoms with van der Waals surface area (Å²) in [6.45, 7) is 4.10. The second-order valence-electron chi connectivity index (χ2n) is 1.82. The highest BCUT2D eigenvalue weighted by Crippen LogP contribution is 1.85. The van der Waals surface area contributed by atoms with Crippen LogP contribution in [0.15, 0.2) is 0 Å². The van der Waals surface area contributed by atoms with Crippen LogP contribution in [0.25, 0.3) is 0 Å². The predicted octanol–water partition coefficient (Wildman–Crippen LogP) is 0.336. The van der Waals surface area contributed by atoms with Gasteiger partial charge >= 0.3 is 0 Å². The van der Waals surface area contributed by atoms with Gasteiger partial charge in [0.1, 0.15) is 0 Å². The number of sulfonamides is 1. The minimum absolute atomic E-state index is 0.237. The Morgan fingerprint density at radius 1 is 1.33 bits per heavy atom. The van der Waals surface area contributed by atoms with E-state index in [1.54, 1.807) is 6.92 Å². The van der Waals surface area contributed by atoms with E-state index in [9.17, 15) is 8.42 Å². The van der Waals surface area contributed by atoms with Gasteiger partial charge in [0.2, 0.25) is 10.0 Å². The molecule has 0 aromatic heterocycles. The highest BCUT2D eigenvalue weighted by atomic mass is 32.2. The average molecular weight is 151 g/mol. The highest BCUT2D eigenvalue weighted by Gasteiger charge is 2.03. The zero-order chi connectivity index (χ0) is 7.33. The molecule has 0 atom stereocenters. The Balaban J connectivity index is 3.73. The number of hydrogen-bond acceptors (Lipinski definition) is 2. The van der Waals surface area contributed by atoms with Gasteiger partial charge in [-0.3, -0.25) is 0 Å². The van der Waals surface area contributed by atoms with E-state index in [1.807, 2.05) is 6.92 Å². The SMILES string of the molecule is CCCS(=O)(=O)NCC. The first-order valence-electron chi connectivity index (χ1n) is 3.09. The molecule has 0 bridgehead atoms. The summed E-state index contributed by atoms with van der Waals surface area (Å²) < 4.78 is 23.8. The molecule has 0 saturated carbocycles. The topological polar surface area (TPSA) is 46.2 Å². The lowest BCUT2D eigenvalue weighted by molar-refractivity contribution is 0.582. The summed E-state index contributed by atoms with van der Waals surface area (Å²) in [5.41, 5.74) is 0. The predicted molar refractivity (Wildman–Crippen MR) is 37.8 cm³/mol. The van der Waals surface area contributed by atoms with Crippen molar-refractivity contribution >= 4 is 10.0 Å². The van der Waals surface area contributed by atoms with E-state index in [0.717, 1.165) is 0 Å². The molecule has 0 saturated heterocycles. The van der Waals surface area contributed by atoms with E-state index in [-0.39, 0.29) is 5.75 Å². The summed E-state index contributed by atoms with van der Waals surface area (Å²) in [7, 11) is -2.93. The molecule has 0 amide bonds. The smallest absolute Gasteiger partial charge is 0.211 e. The zero-order valence-electron chi connectivity index (χ0n) is 5.85. The summed E-state index contributed by atoms with van der Waals surface area (Å²) in [6.07, 6.45) is 0.676. The first-order valence-corrected chi connectivity index (χ1v) is 4.75. The maximum atomic E-state index is 10.7. The molecule has 9 heavy (non-hydrogen) atoms. The number of nitrogens with one attached hydrogen (secondary N) is 1. The molecule has 0 fully saturated rings. The Morgan fingerprint density at radius 3 is 2.22 bits per heavy atom. The third-order valence-electron chi connectivity index (χ3n) is 0.837. The fourth-order valence-corrected chi connectivity index (χ4v) is 1.68. The minimum atomic E-state index is -2.93. The molecule has 0 heterocycles. The molecule has 3 nitrogen and oxygen atoms in total. The summed E-state index contributed by atoms with van der Waals surface area (Å²) in [4.78, 5) is 0. The van der Waals surface area contributed by atoms with Crippen LogP contribution < -0.4 is 4.72 Å².